The van der Waals surface area contributed by atoms with E-state index in [1.165, 1.54) is 43.9 Å². The van der Waals surface area contributed by atoms with Crippen LogP contribution in [0.2, 0.25) is 0 Å². The minimum atomic E-state index is -0.822. The minimum Gasteiger partial charge on any atom is -0.493 e. The molecule has 0 saturated carbocycles. The van der Waals surface area contributed by atoms with Crippen molar-refractivity contribution in [1.29, 1.82) is 0 Å². The number of aromatic nitrogens is 1. The molecule has 2 aromatic carbocycles. The first-order chi connectivity index (χ1) is 22.4. The van der Waals surface area contributed by atoms with Gasteiger partial charge in [-0.15, -0.1) is 0 Å². The number of ketones is 1. The number of rotatable bonds is 15. The molecule has 1 amide bonds. The average molecular weight is 633 g/mol. The second-order valence-electron chi connectivity index (χ2n) is 10.9. The van der Waals surface area contributed by atoms with E-state index in [0.717, 1.165) is 37.7 Å². The smallest absolute Gasteiger partial charge is 0.329 e. The van der Waals surface area contributed by atoms with E-state index < -0.39 is 23.7 Å². The van der Waals surface area contributed by atoms with Crippen molar-refractivity contribution < 1.29 is 33.3 Å². The van der Waals surface area contributed by atoms with Gasteiger partial charge < -0.3 is 23.8 Å². The summed E-state index contributed by atoms with van der Waals surface area (Å²) in [6, 6.07) is 16.3. The summed E-state index contributed by atoms with van der Waals surface area (Å²) < 4.78 is 22.2. The number of hydrogen-bond acceptors (Lipinski definition) is 8. The highest BCUT2D eigenvalue weighted by atomic mass is 16.5. The van der Waals surface area contributed by atoms with E-state index in [-0.39, 0.29) is 23.2 Å². The molecule has 46 heavy (non-hydrogen) atoms. The van der Waals surface area contributed by atoms with Crippen LogP contribution in [0.25, 0.3) is 0 Å². The maximum atomic E-state index is 13.6. The highest BCUT2D eigenvalue weighted by molar-refractivity contribution is 6.43. The number of carbonyl (C=O) groups excluding carboxylic acids is 3. The largest absolute Gasteiger partial charge is 0.493 e. The van der Waals surface area contributed by atoms with E-state index in [9.17, 15) is 14.4 Å². The van der Waals surface area contributed by atoms with Gasteiger partial charge in [0.15, 0.2) is 11.5 Å². The van der Waals surface area contributed by atoms with Gasteiger partial charge in [-0.2, -0.15) is 0 Å². The monoisotopic (exact) mass is 632 g/mol. The Bertz CT molecular complexity index is 1310. The summed E-state index contributed by atoms with van der Waals surface area (Å²) in [5.41, 5.74) is 2.47. The molecule has 0 spiro atoms. The fourth-order valence-electron chi connectivity index (χ4n) is 5.65. The van der Waals surface area contributed by atoms with Crippen LogP contribution in [-0.4, -0.2) is 67.6 Å². The predicted molar refractivity (Wildman–Crippen MR) is 178 cm³/mol. The quantitative estimate of drug-likeness (QED) is 0.104. The molecule has 3 aromatic rings. The van der Waals surface area contributed by atoms with Crippen LogP contribution in [0.1, 0.15) is 80.3 Å². The fourth-order valence-corrected chi connectivity index (χ4v) is 5.65. The fraction of sp³-hybridized carbons (Fsp3) is 0.459. The Balaban J connectivity index is 0.00000282. The van der Waals surface area contributed by atoms with Crippen LogP contribution < -0.4 is 14.2 Å². The summed E-state index contributed by atoms with van der Waals surface area (Å²) in [4.78, 5) is 46.2. The van der Waals surface area contributed by atoms with Gasteiger partial charge in [-0.3, -0.25) is 14.6 Å². The van der Waals surface area contributed by atoms with E-state index >= 15 is 0 Å². The lowest BCUT2D eigenvalue weighted by atomic mass is 9.99. The van der Waals surface area contributed by atoms with E-state index in [1.54, 1.807) is 6.20 Å². The number of amides is 1. The van der Waals surface area contributed by atoms with Crippen LogP contribution in [0.4, 0.5) is 0 Å². The number of ether oxygens (including phenoxy) is 4. The van der Waals surface area contributed by atoms with E-state index in [2.05, 4.69) is 17.1 Å². The number of pyridine rings is 1. The summed E-state index contributed by atoms with van der Waals surface area (Å²) in [6.07, 6.45) is 10.0. The van der Waals surface area contributed by atoms with Crippen molar-refractivity contribution in [1.82, 2.24) is 9.88 Å². The number of nitrogens with zero attached hydrogens (tertiary/aromatic N) is 2. The van der Waals surface area contributed by atoms with E-state index in [1.807, 2.05) is 50.4 Å². The molecule has 9 nitrogen and oxygen atoms in total. The van der Waals surface area contributed by atoms with E-state index in [0.29, 0.717) is 38.0 Å². The molecule has 0 aliphatic carbocycles. The molecule has 0 bridgehead atoms. The van der Waals surface area contributed by atoms with Gasteiger partial charge in [-0.05, 0) is 87.1 Å². The third-order valence-electron chi connectivity index (χ3n) is 7.99. The lowest BCUT2D eigenvalue weighted by molar-refractivity contribution is -0.161. The zero-order chi connectivity index (χ0) is 33.3. The normalized spacial score (nSPS) is 14.7. The molecule has 0 N–H and O–H groups in total. The SMILES string of the molecule is CC.COc1cc(C(=O)C(=O)N2CCCCC2C(=O)OC(CCCc2ccccc2)CCCc2cccnc2)cc(OC)c1OC. The average Bonchev–Trinajstić information content (AvgIpc) is 3.11. The first-order valence-electron chi connectivity index (χ1n) is 16.2. The topological polar surface area (TPSA) is 104 Å². The van der Waals surface area contributed by atoms with Crippen molar-refractivity contribution in [2.45, 2.75) is 83.8 Å². The minimum absolute atomic E-state index is 0.0939. The molecular weight excluding hydrogens is 584 g/mol. The third kappa shape index (κ3) is 10.1. The van der Waals surface area contributed by atoms with Crippen molar-refractivity contribution in [2.75, 3.05) is 27.9 Å². The number of benzene rings is 2. The van der Waals surface area contributed by atoms with Crippen molar-refractivity contribution in [2.24, 2.45) is 0 Å². The van der Waals surface area contributed by atoms with Gasteiger partial charge in [0.1, 0.15) is 12.1 Å². The van der Waals surface area contributed by atoms with Gasteiger partial charge in [-0.1, -0.05) is 50.2 Å². The van der Waals surface area contributed by atoms with Gasteiger partial charge in [0.25, 0.3) is 11.7 Å². The zero-order valence-electron chi connectivity index (χ0n) is 27.8. The number of hydrogen-bond donors (Lipinski definition) is 0. The number of esters is 1. The lowest BCUT2D eigenvalue weighted by Crippen LogP contribution is -2.51. The van der Waals surface area contributed by atoms with Crippen LogP contribution in [-0.2, 0) is 27.2 Å². The molecular formula is C37H48N2O7. The van der Waals surface area contributed by atoms with Crippen LogP contribution >= 0.6 is 0 Å². The number of carbonyl (C=O) groups is 3. The second-order valence-corrected chi connectivity index (χ2v) is 10.9. The summed E-state index contributed by atoms with van der Waals surface area (Å²) in [6.45, 7) is 4.30. The van der Waals surface area contributed by atoms with Crippen molar-refractivity contribution in [3.63, 3.8) is 0 Å². The molecule has 1 fully saturated rings. The molecule has 4 rings (SSSR count). The molecule has 1 aliphatic heterocycles. The summed E-state index contributed by atoms with van der Waals surface area (Å²) in [5.74, 6) is -1.11. The molecule has 2 heterocycles. The Kier molecular flexibility index (Phi) is 15.0. The molecule has 9 heteroatoms. The molecule has 0 radical (unpaired) electrons. The van der Waals surface area contributed by atoms with Gasteiger partial charge in [0, 0.05) is 24.5 Å². The third-order valence-corrected chi connectivity index (χ3v) is 7.99. The lowest BCUT2D eigenvalue weighted by Gasteiger charge is -2.34. The Morgan fingerprint density at radius 3 is 2.07 bits per heavy atom. The molecule has 248 valence electrons. The number of Topliss-reactive ketones (excluding diaryl/α,β-unsaturated/α-hetero) is 1. The molecule has 1 saturated heterocycles. The van der Waals surface area contributed by atoms with Crippen molar-refractivity contribution in [3.8, 4) is 17.2 Å². The first-order valence-corrected chi connectivity index (χ1v) is 16.2. The number of methoxy groups -OCH3 is 3. The van der Waals surface area contributed by atoms with Crippen LogP contribution in [0.15, 0.2) is 67.0 Å². The van der Waals surface area contributed by atoms with E-state index in [4.69, 9.17) is 18.9 Å². The Labute approximate surface area is 273 Å². The Hall–Kier alpha value is -4.40. The van der Waals surface area contributed by atoms with Gasteiger partial charge >= 0.3 is 5.97 Å². The Morgan fingerprint density at radius 1 is 0.848 bits per heavy atom. The maximum absolute atomic E-state index is 13.6. The Morgan fingerprint density at radius 2 is 1.48 bits per heavy atom. The van der Waals surface area contributed by atoms with Crippen molar-refractivity contribution in [3.05, 3.63) is 83.7 Å². The molecule has 1 aromatic heterocycles. The molecule has 2 atom stereocenters. The molecule has 2 unspecified atom stereocenters. The molecule has 1 aliphatic rings. The maximum Gasteiger partial charge on any atom is 0.329 e. The second kappa shape index (κ2) is 19.2. The van der Waals surface area contributed by atoms with Gasteiger partial charge in [0.05, 0.1) is 21.3 Å². The van der Waals surface area contributed by atoms with Gasteiger partial charge in [-0.25, -0.2) is 4.79 Å². The summed E-state index contributed by atoms with van der Waals surface area (Å²) in [7, 11) is 4.35. The van der Waals surface area contributed by atoms with Crippen LogP contribution in [0.5, 0.6) is 17.2 Å². The summed E-state index contributed by atoms with van der Waals surface area (Å²) >= 11 is 0. The summed E-state index contributed by atoms with van der Waals surface area (Å²) in [5, 5.41) is 0. The number of likely N-dealkylation sites (tertiary alicyclic amines) is 1. The van der Waals surface area contributed by atoms with Gasteiger partial charge in [0.2, 0.25) is 5.75 Å². The predicted octanol–water partition coefficient (Wildman–Crippen LogP) is 6.66. The number of aryl methyl sites for hydroxylation is 2. The van der Waals surface area contributed by atoms with Crippen LogP contribution in [0.3, 0.4) is 0 Å². The highest BCUT2D eigenvalue weighted by Crippen LogP contribution is 2.38. The standard InChI is InChI=1S/C35H42N2O7.C2H6/c1-41-30-22-27(23-31(42-2)33(30)43-3)32(38)34(39)37-21-8-7-19-29(37)35(40)44-28(17-9-14-25-12-5-4-6-13-25)18-10-15-26-16-11-20-36-24-26;1-2/h4-6,11-13,16,20,22-24,28-29H,7-10,14-15,17-19,21H2,1-3H3;1-2H3. The first kappa shape index (κ1) is 36.1. The number of piperidine rings is 1. The highest BCUT2D eigenvalue weighted by Gasteiger charge is 2.37. The van der Waals surface area contributed by atoms with Crippen molar-refractivity contribution >= 4 is 17.7 Å². The zero-order valence-corrected chi connectivity index (χ0v) is 27.8. The van der Waals surface area contributed by atoms with Crippen LogP contribution in [0, 0.1) is 0 Å².